The Kier molecular flexibility index (Phi) is 8.75. The topological polar surface area (TPSA) is 105 Å². The van der Waals surface area contributed by atoms with E-state index in [1.165, 1.54) is 0 Å². The molecule has 4 rings (SSSR count). The Hall–Kier alpha value is -3.19. The predicted octanol–water partition coefficient (Wildman–Crippen LogP) is 3.30. The SMILES string of the molecule is C[C@H](N)C(=O)N[C@H](C(=O)N1CCC[C@H]1C(=O)NC(c1ccccc1)c1ccccc1)C1CCCCC1. The van der Waals surface area contributed by atoms with Crippen molar-refractivity contribution in [3.8, 4) is 0 Å². The Labute approximate surface area is 213 Å². The number of hydrogen-bond acceptors (Lipinski definition) is 4. The lowest BCUT2D eigenvalue weighted by atomic mass is 9.83. The van der Waals surface area contributed by atoms with Crippen LogP contribution < -0.4 is 16.4 Å². The van der Waals surface area contributed by atoms with Crippen LogP contribution in [0.25, 0.3) is 0 Å². The maximum atomic E-state index is 13.8. The Morgan fingerprint density at radius 3 is 1.97 bits per heavy atom. The van der Waals surface area contributed by atoms with Gasteiger partial charge in [0.2, 0.25) is 17.7 Å². The monoisotopic (exact) mass is 490 g/mol. The summed E-state index contributed by atoms with van der Waals surface area (Å²) in [6.07, 6.45) is 6.38. The van der Waals surface area contributed by atoms with Crippen LogP contribution in [0.4, 0.5) is 0 Å². The van der Waals surface area contributed by atoms with E-state index >= 15 is 0 Å². The van der Waals surface area contributed by atoms with E-state index < -0.39 is 18.1 Å². The second-order valence-electron chi connectivity index (χ2n) is 10.1. The first-order valence-electron chi connectivity index (χ1n) is 13.2. The van der Waals surface area contributed by atoms with Gasteiger partial charge in [-0.1, -0.05) is 79.9 Å². The van der Waals surface area contributed by atoms with Gasteiger partial charge in [-0.2, -0.15) is 0 Å². The van der Waals surface area contributed by atoms with Crippen LogP contribution in [0.5, 0.6) is 0 Å². The van der Waals surface area contributed by atoms with Gasteiger partial charge in [-0.05, 0) is 49.7 Å². The fraction of sp³-hybridized carbons (Fsp3) is 0.483. The van der Waals surface area contributed by atoms with Crippen molar-refractivity contribution in [2.75, 3.05) is 6.54 Å². The maximum Gasteiger partial charge on any atom is 0.246 e. The van der Waals surface area contributed by atoms with Crippen LogP contribution in [0.2, 0.25) is 0 Å². The van der Waals surface area contributed by atoms with E-state index in [9.17, 15) is 14.4 Å². The zero-order valence-electron chi connectivity index (χ0n) is 21.1. The number of nitrogens with one attached hydrogen (secondary N) is 2. The molecule has 1 aliphatic carbocycles. The van der Waals surface area contributed by atoms with Gasteiger partial charge in [0.15, 0.2) is 0 Å². The smallest absolute Gasteiger partial charge is 0.246 e. The second-order valence-corrected chi connectivity index (χ2v) is 10.1. The van der Waals surface area contributed by atoms with Crippen LogP contribution in [-0.2, 0) is 14.4 Å². The number of nitrogens with two attached hydrogens (primary N) is 1. The van der Waals surface area contributed by atoms with Gasteiger partial charge in [0.05, 0.1) is 12.1 Å². The lowest BCUT2D eigenvalue weighted by molar-refractivity contribution is -0.143. The summed E-state index contributed by atoms with van der Waals surface area (Å²) >= 11 is 0. The van der Waals surface area contributed by atoms with Crippen molar-refractivity contribution in [1.82, 2.24) is 15.5 Å². The molecule has 7 heteroatoms. The number of carbonyl (C=O) groups excluding carboxylic acids is 3. The molecule has 4 N–H and O–H groups in total. The number of benzene rings is 2. The highest BCUT2D eigenvalue weighted by molar-refractivity contribution is 5.93. The van der Waals surface area contributed by atoms with Crippen LogP contribution in [-0.4, -0.2) is 47.3 Å². The first kappa shape index (κ1) is 25.9. The van der Waals surface area contributed by atoms with E-state index in [0.717, 1.165) is 49.7 Å². The van der Waals surface area contributed by atoms with Crippen LogP contribution in [0.15, 0.2) is 60.7 Å². The molecule has 1 aliphatic heterocycles. The molecule has 2 aromatic rings. The standard InChI is InChI=1S/C29H38N4O3/c1-20(30)27(34)32-26(23-16-9-4-10-17-23)29(36)33-19-11-18-24(33)28(35)31-25(21-12-5-2-6-13-21)22-14-7-3-8-15-22/h2-3,5-8,12-15,20,23-26H,4,9-11,16-19,30H2,1H3,(H,31,35)(H,32,34)/t20-,24-,26-/m0/s1. The summed E-state index contributed by atoms with van der Waals surface area (Å²) in [7, 11) is 0. The average molecular weight is 491 g/mol. The second kappa shape index (κ2) is 12.2. The molecular weight excluding hydrogens is 452 g/mol. The third-order valence-corrected chi connectivity index (χ3v) is 7.49. The van der Waals surface area contributed by atoms with Crippen LogP contribution in [0.3, 0.4) is 0 Å². The first-order chi connectivity index (χ1) is 17.5. The quantitative estimate of drug-likeness (QED) is 0.528. The van der Waals surface area contributed by atoms with E-state index in [4.69, 9.17) is 5.73 Å². The van der Waals surface area contributed by atoms with E-state index in [2.05, 4.69) is 10.6 Å². The van der Waals surface area contributed by atoms with Crippen LogP contribution >= 0.6 is 0 Å². The van der Waals surface area contributed by atoms with Crippen LogP contribution in [0.1, 0.15) is 69.0 Å². The van der Waals surface area contributed by atoms with E-state index in [1.807, 2.05) is 60.7 Å². The highest BCUT2D eigenvalue weighted by Crippen LogP contribution is 2.30. The summed E-state index contributed by atoms with van der Waals surface area (Å²) in [5.74, 6) is -0.587. The number of amides is 3. The summed E-state index contributed by atoms with van der Waals surface area (Å²) in [6.45, 7) is 2.13. The van der Waals surface area contributed by atoms with E-state index in [-0.39, 0.29) is 29.7 Å². The van der Waals surface area contributed by atoms with Gasteiger partial charge in [0.25, 0.3) is 0 Å². The third-order valence-electron chi connectivity index (χ3n) is 7.49. The highest BCUT2D eigenvalue weighted by atomic mass is 16.2. The molecule has 1 saturated carbocycles. The number of likely N-dealkylation sites (tertiary alicyclic amines) is 1. The first-order valence-corrected chi connectivity index (χ1v) is 13.2. The molecule has 1 saturated heterocycles. The molecule has 0 spiro atoms. The molecule has 0 aromatic heterocycles. The van der Waals surface area contributed by atoms with Crippen molar-refractivity contribution in [2.24, 2.45) is 11.7 Å². The molecule has 192 valence electrons. The van der Waals surface area contributed by atoms with Crippen molar-refractivity contribution in [2.45, 2.75) is 76.0 Å². The molecule has 36 heavy (non-hydrogen) atoms. The van der Waals surface area contributed by atoms with Crippen molar-refractivity contribution in [3.05, 3.63) is 71.8 Å². The Bertz CT molecular complexity index is 982. The molecule has 2 aromatic carbocycles. The zero-order chi connectivity index (χ0) is 25.5. The minimum Gasteiger partial charge on any atom is -0.343 e. The van der Waals surface area contributed by atoms with Gasteiger partial charge in [-0.25, -0.2) is 0 Å². The maximum absolute atomic E-state index is 13.8. The Balaban J connectivity index is 1.54. The lowest BCUT2D eigenvalue weighted by Gasteiger charge is -2.35. The van der Waals surface area contributed by atoms with Gasteiger partial charge in [-0.15, -0.1) is 0 Å². The van der Waals surface area contributed by atoms with Crippen molar-refractivity contribution >= 4 is 17.7 Å². The molecular formula is C29H38N4O3. The Morgan fingerprint density at radius 1 is 0.833 bits per heavy atom. The zero-order valence-corrected chi connectivity index (χ0v) is 21.1. The minimum atomic E-state index is -0.695. The number of rotatable bonds is 8. The fourth-order valence-corrected chi connectivity index (χ4v) is 5.50. The molecule has 0 bridgehead atoms. The van der Waals surface area contributed by atoms with E-state index in [0.29, 0.717) is 13.0 Å². The minimum absolute atomic E-state index is 0.0691. The third kappa shape index (κ3) is 6.13. The molecule has 0 unspecified atom stereocenters. The summed E-state index contributed by atoms with van der Waals surface area (Å²) in [5, 5.41) is 6.14. The fourth-order valence-electron chi connectivity index (χ4n) is 5.50. The van der Waals surface area contributed by atoms with Crippen molar-refractivity contribution in [1.29, 1.82) is 0 Å². The Morgan fingerprint density at radius 2 is 1.42 bits per heavy atom. The highest BCUT2D eigenvalue weighted by Gasteiger charge is 2.41. The largest absolute Gasteiger partial charge is 0.343 e. The van der Waals surface area contributed by atoms with E-state index in [1.54, 1.807) is 11.8 Å². The molecule has 2 aliphatic rings. The summed E-state index contributed by atoms with van der Waals surface area (Å²) in [6, 6.07) is 17.5. The van der Waals surface area contributed by atoms with Crippen LogP contribution in [0, 0.1) is 5.92 Å². The van der Waals surface area contributed by atoms with Gasteiger partial charge in [-0.3, -0.25) is 14.4 Å². The molecule has 0 radical (unpaired) electrons. The van der Waals surface area contributed by atoms with Crippen molar-refractivity contribution in [3.63, 3.8) is 0 Å². The predicted molar refractivity (Wildman–Crippen MR) is 140 cm³/mol. The van der Waals surface area contributed by atoms with Gasteiger partial charge in [0.1, 0.15) is 12.1 Å². The summed E-state index contributed by atoms with van der Waals surface area (Å²) in [4.78, 5) is 41.7. The molecule has 3 atom stereocenters. The average Bonchev–Trinajstić information content (AvgIpc) is 3.41. The number of nitrogens with zero attached hydrogens (tertiary/aromatic N) is 1. The molecule has 7 nitrogen and oxygen atoms in total. The summed E-state index contributed by atoms with van der Waals surface area (Å²) in [5.41, 5.74) is 7.77. The molecule has 3 amide bonds. The lowest BCUT2D eigenvalue weighted by Crippen LogP contribution is -2.58. The van der Waals surface area contributed by atoms with Gasteiger partial charge >= 0.3 is 0 Å². The van der Waals surface area contributed by atoms with Gasteiger partial charge < -0.3 is 21.3 Å². The number of carbonyl (C=O) groups is 3. The normalized spacial score (nSPS) is 20.1. The molecule has 1 heterocycles. The van der Waals surface area contributed by atoms with Crippen molar-refractivity contribution < 1.29 is 14.4 Å². The number of hydrogen-bond donors (Lipinski definition) is 3. The van der Waals surface area contributed by atoms with Gasteiger partial charge in [0, 0.05) is 6.54 Å². The molecule has 2 fully saturated rings. The summed E-state index contributed by atoms with van der Waals surface area (Å²) < 4.78 is 0.